The van der Waals surface area contributed by atoms with Crippen LogP contribution in [0.25, 0.3) is 0 Å². The van der Waals surface area contributed by atoms with Crippen LogP contribution in [-0.2, 0) is 16.1 Å². The zero-order valence-corrected chi connectivity index (χ0v) is 14.6. The molecule has 0 saturated carbocycles. The summed E-state index contributed by atoms with van der Waals surface area (Å²) in [5.41, 5.74) is -0.241. The lowest BCUT2D eigenvalue weighted by molar-refractivity contribution is -0.155. The topological polar surface area (TPSA) is 75.4 Å². The van der Waals surface area contributed by atoms with Crippen LogP contribution in [0.3, 0.4) is 0 Å². The molecule has 140 valence electrons. The van der Waals surface area contributed by atoms with E-state index in [9.17, 15) is 27.9 Å². The highest BCUT2D eigenvalue weighted by Gasteiger charge is 2.47. The van der Waals surface area contributed by atoms with Crippen molar-refractivity contribution in [2.75, 3.05) is 6.54 Å². The molecule has 1 aliphatic heterocycles. The molecule has 1 saturated heterocycles. The fourth-order valence-corrected chi connectivity index (χ4v) is 3.56. The van der Waals surface area contributed by atoms with Crippen molar-refractivity contribution in [3.05, 3.63) is 17.0 Å². The molecule has 2 heterocycles. The van der Waals surface area contributed by atoms with E-state index < -0.39 is 36.1 Å². The number of aryl methyl sites for hydroxylation is 1. The lowest BCUT2D eigenvalue weighted by Gasteiger charge is -2.33. The number of aromatic nitrogens is 2. The Bertz CT molecular complexity index is 699. The molecule has 9 heteroatoms. The molecule has 0 aromatic carbocycles. The summed E-state index contributed by atoms with van der Waals surface area (Å²) in [4.78, 5) is 25.7. The lowest BCUT2D eigenvalue weighted by atomic mass is 9.94. The van der Waals surface area contributed by atoms with Gasteiger partial charge in [-0.2, -0.15) is 18.3 Å². The highest BCUT2D eigenvalue weighted by molar-refractivity contribution is 5.91. The first-order chi connectivity index (χ1) is 11.4. The second kappa shape index (κ2) is 6.34. The van der Waals surface area contributed by atoms with Crippen molar-refractivity contribution in [1.82, 2.24) is 14.7 Å². The Morgan fingerprint density at radius 1 is 1.36 bits per heavy atom. The van der Waals surface area contributed by atoms with Crippen LogP contribution in [-0.4, -0.2) is 49.9 Å². The molecule has 1 aromatic rings. The maximum atomic E-state index is 12.9. The van der Waals surface area contributed by atoms with Gasteiger partial charge in [-0.15, -0.1) is 0 Å². The van der Waals surface area contributed by atoms with E-state index >= 15 is 0 Å². The molecule has 1 amide bonds. The first-order valence-corrected chi connectivity index (χ1v) is 8.04. The van der Waals surface area contributed by atoms with Gasteiger partial charge in [-0.25, -0.2) is 4.79 Å². The molecular weight excluding hydrogens is 339 g/mol. The maximum absolute atomic E-state index is 12.9. The summed E-state index contributed by atoms with van der Waals surface area (Å²) in [6, 6.07) is 0. The molecule has 1 fully saturated rings. The van der Waals surface area contributed by atoms with Crippen LogP contribution in [0.1, 0.15) is 49.6 Å². The maximum Gasteiger partial charge on any atom is 0.408 e. The van der Waals surface area contributed by atoms with Crippen molar-refractivity contribution < 1.29 is 27.9 Å². The van der Waals surface area contributed by atoms with E-state index in [1.807, 2.05) is 0 Å². The van der Waals surface area contributed by atoms with Crippen molar-refractivity contribution in [3.63, 3.8) is 0 Å². The number of alkyl halides is 3. The molecule has 0 spiro atoms. The number of hydrogen-bond donors (Lipinski definition) is 1. The van der Waals surface area contributed by atoms with Gasteiger partial charge in [-0.1, -0.05) is 0 Å². The standard InChI is InChI=1S/C16H22F3N3O3/c1-9(13(23)21-7-5-6-15(21,4)14(24)25)12-10(2)20-22(11(12)3)8-16(17,18)19/h9H,5-8H2,1-4H3,(H,24,25). The van der Waals surface area contributed by atoms with Gasteiger partial charge in [0.25, 0.3) is 0 Å². The van der Waals surface area contributed by atoms with Gasteiger partial charge in [0, 0.05) is 17.8 Å². The van der Waals surface area contributed by atoms with Crippen molar-refractivity contribution in [3.8, 4) is 0 Å². The molecule has 0 aliphatic carbocycles. The summed E-state index contributed by atoms with van der Waals surface area (Å²) >= 11 is 0. The Kier molecular flexibility index (Phi) is 4.89. The number of halogens is 3. The van der Waals surface area contributed by atoms with Crippen molar-refractivity contribution in [2.24, 2.45) is 0 Å². The molecule has 25 heavy (non-hydrogen) atoms. The van der Waals surface area contributed by atoms with Crippen molar-refractivity contribution in [2.45, 2.75) is 64.7 Å². The summed E-state index contributed by atoms with van der Waals surface area (Å²) in [7, 11) is 0. The van der Waals surface area contributed by atoms with Crippen LogP contribution in [0.15, 0.2) is 0 Å². The smallest absolute Gasteiger partial charge is 0.408 e. The molecule has 2 rings (SSSR count). The quantitative estimate of drug-likeness (QED) is 0.895. The highest BCUT2D eigenvalue weighted by atomic mass is 19.4. The normalized spacial score (nSPS) is 22.3. The summed E-state index contributed by atoms with van der Waals surface area (Å²) in [5.74, 6) is -2.24. The first-order valence-electron chi connectivity index (χ1n) is 8.04. The van der Waals surface area contributed by atoms with Crippen LogP contribution < -0.4 is 0 Å². The van der Waals surface area contributed by atoms with Crippen LogP contribution in [0.2, 0.25) is 0 Å². The molecule has 1 aromatic heterocycles. The summed E-state index contributed by atoms with van der Waals surface area (Å²) in [6.45, 7) is 5.22. The molecule has 1 aliphatic rings. The van der Waals surface area contributed by atoms with E-state index in [0.717, 1.165) is 4.68 Å². The highest BCUT2D eigenvalue weighted by Crippen LogP contribution is 2.34. The van der Waals surface area contributed by atoms with Gasteiger partial charge in [0.05, 0.1) is 11.6 Å². The minimum absolute atomic E-state index is 0.270. The number of carboxylic acid groups (broad SMARTS) is 1. The van der Waals surface area contributed by atoms with E-state index in [4.69, 9.17) is 0 Å². The summed E-state index contributed by atoms with van der Waals surface area (Å²) < 4.78 is 38.8. The predicted octanol–water partition coefficient (Wildman–Crippen LogP) is 2.63. The number of carbonyl (C=O) groups excluding carboxylic acids is 1. The van der Waals surface area contributed by atoms with E-state index in [1.54, 1.807) is 13.8 Å². The van der Waals surface area contributed by atoms with Crippen LogP contribution in [0.5, 0.6) is 0 Å². The zero-order valence-electron chi connectivity index (χ0n) is 14.6. The number of carbonyl (C=O) groups is 2. The zero-order chi connectivity index (χ0) is 19.2. The fourth-order valence-electron chi connectivity index (χ4n) is 3.56. The number of likely N-dealkylation sites (tertiary alicyclic amines) is 1. The van der Waals surface area contributed by atoms with Crippen molar-refractivity contribution in [1.29, 1.82) is 0 Å². The molecule has 6 nitrogen and oxygen atoms in total. The number of amides is 1. The van der Waals surface area contributed by atoms with E-state index in [0.29, 0.717) is 30.6 Å². The number of carboxylic acids is 1. The summed E-state index contributed by atoms with van der Waals surface area (Å²) in [5, 5.41) is 13.4. The van der Waals surface area contributed by atoms with Gasteiger partial charge < -0.3 is 10.0 Å². The average molecular weight is 361 g/mol. The molecular formula is C16H22F3N3O3. The minimum atomic E-state index is -4.41. The second-order valence-corrected chi connectivity index (χ2v) is 6.75. The Labute approximate surface area is 143 Å². The average Bonchev–Trinajstić information content (AvgIpc) is 2.98. The van der Waals surface area contributed by atoms with Crippen LogP contribution in [0.4, 0.5) is 13.2 Å². The first kappa shape index (κ1) is 19.3. The van der Waals surface area contributed by atoms with Gasteiger partial charge >= 0.3 is 12.1 Å². The molecule has 1 N–H and O–H groups in total. The van der Waals surface area contributed by atoms with Gasteiger partial charge in [-0.05, 0) is 40.5 Å². The number of aliphatic carboxylic acids is 1. The molecule has 2 atom stereocenters. The van der Waals surface area contributed by atoms with Crippen LogP contribution in [0, 0.1) is 13.8 Å². The molecule has 2 unspecified atom stereocenters. The largest absolute Gasteiger partial charge is 0.480 e. The summed E-state index contributed by atoms with van der Waals surface area (Å²) in [6.07, 6.45) is -3.48. The molecule has 0 radical (unpaired) electrons. The van der Waals surface area contributed by atoms with Crippen LogP contribution >= 0.6 is 0 Å². The predicted molar refractivity (Wildman–Crippen MR) is 83.2 cm³/mol. The number of hydrogen-bond acceptors (Lipinski definition) is 3. The minimum Gasteiger partial charge on any atom is -0.480 e. The van der Waals surface area contributed by atoms with Gasteiger partial charge in [0.15, 0.2) is 0 Å². The van der Waals surface area contributed by atoms with Gasteiger partial charge in [-0.3, -0.25) is 9.48 Å². The van der Waals surface area contributed by atoms with Gasteiger partial charge in [0.1, 0.15) is 12.1 Å². The van der Waals surface area contributed by atoms with E-state index in [-0.39, 0.29) is 5.69 Å². The SMILES string of the molecule is Cc1nn(CC(F)(F)F)c(C)c1C(C)C(=O)N1CCCC1(C)C(=O)O. The number of nitrogens with zero attached hydrogens (tertiary/aromatic N) is 3. The lowest BCUT2D eigenvalue weighted by Crippen LogP contribution is -2.52. The Morgan fingerprint density at radius 3 is 2.48 bits per heavy atom. The fraction of sp³-hybridized carbons (Fsp3) is 0.688. The van der Waals surface area contributed by atoms with E-state index in [2.05, 4.69) is 5.10 Å². The molecule has 0 bridgehead atoms. The monoisotopic (exact) mass is 361 g/mol. The number of rotatable bonds is 4. The third-order valence-corrected chi connectivity index (χ3v) is 4.94. The van der Waals surface area contributed by atoms with Gasteiger partial charge in [0.2, 0.25) is 5.91 Å². The third kappa shape index (κ3) is 3.50. The van der Waals surface area contributed by atoms with E-state index in [1.165, 1.54) is 18.7 Å². The Hall–Kier alpha value is -2.06. The van der Waals surface area contributed by atoms with Crippen molar-refractivity contribution >= 4 is 11.9 Å². The Morgan fingerprint density at radius 2 is 1.96 bits per heavy atom. The third-order valence-electron chi connectivity index (χ3n) is 4.94. The second-order valence-electron chi connectivity index (χ2n) is 6.75. The Balaban J connectivity index is 2.33.